The van der Waals surface area contributed by atoms with Crippen LogP contribution in [-0.2, 0) is 11.3 Å². The molecule has 6 nitrogen and oxygen atoms in total. The zero-order chi connectivity index (χ0) is 18.7. The lowest BCUT2D eigenvalue weighted by atomic mass is 10.1. The third-order valence-electron chi connectivity index (χ3n) is 4.98. The van der Waals surface area contributed by atoms with Crippen molar-refractivity contribution in [3.63, 3.8) is 0 Å². The normalized spacial score (nSPS) is 15.3. The Balaban J connectivity index is 1.48. The van der Waals surface area contributed by atoms with Crippen molar-refractivity contribution >= 4 is 5.91 Å². The van der Waals surface area contributed by atoms with Gasteiger partial charge in [0.05, 0.1) is 5.69 Å². The lowest BCUT2D eigenvalue weighted by Gasteiger charge is -2.34. The minimum absolute atomic E-state index is 0.0443. The van der Waals surface area contributed by atoms with Crippen LogP contribution in [0.1, 0.15) is 28.1 Å². The Morgan fingerprint density at radius 2 is 1.88 bits per heavy atom. The highest BCUT2D eigenvalue weighted by atomic mass is 16.5. The van der Waals surface area contributed by atoms with Gasteiger partial charge in [0, 0.05) is 38.3 Å². The van der Waals surface area contributed by atoms with Gasteiger partial charge in [-0.15, -0.1) is 0 Å². The molecular weight excluding hydrogens is 330 g/mol. The zero-order valence-corrected chi connectivity index (χ0v) is 16.0. The van der Waals surface area contributed by atoms with Gasteiger partial charge in [0.15, 0.2) is 6.61 Å². The van der Waals surface area contributed by atoms with Crippen LogP contribution in [0.15, 0.2) is 22.7 Å². The summed E-state index contributed by atoms with van der Waals surface area (Å²) in [4.78, 5) is 16.7. The van der Waals surface area contributed by atoms with Gasteiger partial charge >= 0.3 is 0 Å². The van der Waals surface area contributed by atoms with Gasteiger partial charge in [-0.05, 0) is 44.9 Å². The van der Waals surface area contributed by atoms with E-state index in [4.69, 9.17) is 9.26 Å². The van der Waals surface area contributed by atoms with Gasteiger partial charge in [-0.25, -0.2) is 0 Å². The van der Waals surface area contributed by atoms with Crippen molar-refractivity contribution in [3.05, 3.63) is 46.3 Å². The number of carbonyl (C=O) groups is 1. The molecule has 0 bridgehead atoms. The van der Waals surface area contributed by atoms with Gasteiger partial charge in [0.1, 0.15) is 11.5 Å². The molecule has 2 heterocycles. The van der Waals surface area contributed by atoms with E-state index in [9.17, 15) is 4.79 Å². The van der Waals surface area contributed by atoms with Crippen LogP contribution in [0.4, 0.5) is 0 Å². The van der Waals surface area contributed by atoms with Crippen LogP contribution >= 0.6 is 0 Å². The molecule has 0 saturated carbocycles. The smallest absolute Gasteiger partial charge is 0.260 e. The number of amides is 1. The quantitative estimate of drug-likeness (QED) is 0.823. The molecule has 3 rings (SSSR count). The maximum Gasteiger partial charge on any atom is 0.260 e. The van der Waals surface area contributed by atoms with E-state index >= 15 is 0 Å². The lowest BCUT2D eigenvalue weighted by molar-refractivity contribution is -0.135. The summed E-state index contributed by atoms with van der Waals surface area (Å²) in [5.41, 5.74) is 4.28. The highest BCUT2D eigenvalue weighted by Crippen LogP contribution is 2.19. The van der Waals surface area contributed by atoms with Crippen LogP contribution in [0.25, 0.3) is 0 Å². The average Bonchev–Trinajstić information content (AvgIpc) is 2.95. The van der Waals surface area contributed by atoms with E-state index in [1.54, 1.807) is 0 Å². The Labute approximate surface area is 154 Å². The number of benzene rings is 1. The number of ether oxygens (including phenoxy) is 1. The molecular formula is C20H27N3O3. The van der Waals surface area contributed by atoms with Crippen LogP contribution in [0.3, 0.4) is 0 Å². The largest absolute Gasteiger partial charge is 0.483 e. The van der Waals surface area contributed by atoms with Crippen LogP contribution < -0.4 is 4.74 Å². The van der Waals surface area contributed by atoms with Crippen LogP contribution in [0, 0.1) is 27.7 Å². The van der Waals surface area contributed by atoms with Crippen LogP contribution in [-0.4, -0.2) is 53.6 Å². The Bertz CT molecular complexity index is 757. The molecule has 140 valence electrons. The summed E-state index contributed by atoms with van der Waals surface area (Å²) in [6.45, 7) is 12.0. The molecule has 1 aliphatic heterocycles. The van der Waals surface area contributed by atoms with E-state index in [0.717, 1.165) is 66.6 Å². The van der Waals surface area contributed by atoms with Crippen LogP contribution in [0.2, 0.25) is 0 Å². The SMILES string of the molecule is Cc1ccc(C)c(OCC(=O)N2CCN(Cc3c(C)noc3C)CC2)c1. The number of rotatable bonds is 5. The fourth-order valence-electron chi connectivity index (χ4n) is 3.20. The number of nitrogens with zero attached hydrogens (tertiary/aromatic N) is 3. The van der Waals surface area contributed by atoms with E-state index in [1.807, 2.05) is 50.8 Å². The summed E-state index contributed by atoms with van der Waals surface area (Å²) in [5.74, 6) is 1.71. The van der Waals surface area contributed by atoms with Gasteiger partial charge in [-0.2, -0.15) is 0 Å². The monoisotopic (exact) mass is 357 g/mol. The van der Waals surface area contributed by atoms with E-state index in [2.05, 4.69) is 10.1 Å². The third kappa shape index (κ3) is 4.25. The molecule has 26 heavy (non-hydrogen) atoms. The first-order valence-electron chi connectivity index (χ1n) is 9.06. The summed E-state index contributed by atoms with van der Waals surface area (Å²) in [6.07, 6.45) is 0. The number of piperazine rings is 1. The van der Waals surface area contributed by atoms with Crippen molar-refractivity contribution in [3.8, 4) is 5.75 Å². The van der Waals surface area contributed by atoms with Gasteiger partial charge in [0.25, 0.3) is 5.91 Å². The summed E-state index contributed by atoms with van der Waals surface area (Å²) < 4.78 is 11.0. The highest BCUT2D eigenvalue weighted by Gasteiger charge is 2.23. The molecule has 0 radical (unpaired) electrons. The maximum absolute atomic E-state index is 12.5. The summed E-state index contributed by atoms with van der Waals surface area (Å²) >= 11 is 0. The molecule has 0 aliphatic carbocycles. The second-order valence-corrected chi connectivity index (χ2v) is 7.02. The molecule has 6 heteroatoms. The standard InChI is InChI=1S/C20H27N3O3/c1-14-5-6-15(2)19(11-14)25-13-20(24)23-9-7-22(8-10-23)12-18-16(3)21-26-17(18)4/h5-6,11H,7-10,12-13H2,1-4H3. The van der Waals surface area contributed by atoms with E-state index < -0.39 is 0 Å². The first-order chi connectivity index (χ1) is 12.4. The number of carbonyl (C=O) groups excluding carboxylic acids is 1. The van der Waals surface area contributed by atoms with Crippen LogP contribution in [0.5, 0.6) is 5.75 Å². The average molecular weight is 357 g/mol. The van der Waals surface area contributed by atoms with Crippen molar-refractivity contribution in [2.75, 3.05) is 32.8 Å². The predicted octanol–water partition coefficient (Wildman–Crippen LogP) is 2.63. The molecule has 1 aromatic carbocycles. The minimum atomic E-state index is 0.0443. The van der Waals surface area contributed by atoms with Crippen molar-refractivity contribution in [1.29, 1.82) is 0 Å². The van der Waals surface area contributed by atoms with Crippen molar-refractivity contribution in [1.82, 2.24) is 15.0 Å². The minimum Gasteiger partial charge on any atom is -0.483 e. The van der Waals surface area contributed by atoms with Crippen molar-refractivity contribution in [2.24, 2.45) is 0 Å². The topological polar surface area (TPSA) is 58.8 Å². The Kier molecular flexibility index (Phi) is 5.61. The van der Waals surface area contributed by atoms with E-state index in [-0.39, 0.29) is 12.5 Å². The summed E-state index contributed by atoms with van der Waals surface area (Å²) in [5, 5.41) is 4.01. The van der Waals surface area contributed by atoms with Gasteiger partial charge < -0.3 is 14.2 Å². The van der Waals surface area contributed by atoms with Gasteiger partial charge in [-0.3, -0.25) is 9.69 Å². The maximum atomic E-state index is 12.5. The van der Waals surface area contributed by atoms with Crippen molar-refractivity contribution < 1.29 is 14.1 Å². The molecule has 2 aromatic rings. The summed E-state index contributed by atoms with van der Waals surface area (Å²) in [7, 11) is 0. The molecule has 1 amide bonds. The van der Waals surface area contributed by atoms with E-state index in [1.165, 1.54) is 0 Å². The Hall–Kier alpha value is -2.34. The number of aromatic nitrogens is 1. The molecule has 1 fully saturated rings. The van der Waals surface area contributed by atoms with Crippen molar-refractivity contribution in [2.45, 2.75) is 34.2 Å². The molecule has 0 N–H and O–H groups in total. The second-order valence-electron chi connectivity index (χ2n) is 7.02. The zero-order valence-electron chi connectivity index (χ0n) is 16.0. The highest BCUT2D eigenvalue weighted by molar-refractivity contribution is 5.78. The Morgan fingerprint density at radius 3 is 2.54 bits per heavy atom. The summed E-state index contributed by atoms with van der Waals surface area (Å²) in [6, 6.07) is 6.04. The molecule has 0 atom stereocenters. The number of aryl methyl sites for hydroxylation is 4. The van der Waals surface area contributed by atoms with E-state index in [0.29, 0.717) is 0 Å². The fourth-order valence-corrected chi connectivity index (χ4v) is 3.20. The van der Waals surface area contributed by atoms with Gasteiger partial charge in [0.2, 0.25) is 0 Å². The number of hydrogen-bond acceptors (Lipinski definition) is 5. The first kappa shape index (κ1) is 18.5. The number of hydrogen-bond donors (Lipinski definition) is 0. The molecule has 0 spiro atoms. The molecule has 1 saturated heterocycles. The predicted molar refractivity (Wildman–Crippen MR) is 99.2 cm³/mol. The second kappa shape index (κ2) is 7.91. The molecule has 1 aliphatic rings. The molecule has 1 aromatic heterocycles. The Morgan fingerprint density at radius 1 is 1.15 bits per heavy atom. The fraction of sp³-hybridized carbons (Fsp3) is 0.500. The lowest BCUT2D eigenvalue weighted by Crippen LogP contribution is -2.49. The molecule has 0 unspecified atom stereocenters. The third-order valence-corrected chi connectivity index (χ3v) is 4.98. The first-order valence-corrected chi connectivity index (χ1v) is 9.06. The van der Waals surface area contributed by atoms with Gasteiger partial charge in [-0.1, -0.05) is 17.3 Å².